The molecule has 2 N–H and O–H groups in total. The van der Waals surface area contributed by atoms with E-state index in [9.17, 15) is 0 Å². The number of nitrogens with two attached hydrogens (primary N) is 1. The van der Waals surface area contributed by atoms with Crippen LogP contribution in [0.4, 0.5) is 5.69 Å². The van der Waals surface area contributed by atoms with Crippen LogP contribution in [-0.2, 0) is 6.42 Å². The van der Waals surface area contributed by atoms with E-state index < -0.39 is 0 Å². The molecule has 0 heterocycles. The van der Waals surface area contributed by atoms with Gasteiger partial charge in [-0.25, -0.2) is 0 Å². The van der Waals surface area contributed by atoms with Crippen molar-refractivity contribution in [3.63, 3.8) is 0 Å². The topological polar surface area (TPSA) is 29.3 Å². The number of anilines is 1. The van der Waals surface area contributed by atoms with Gasteiger partial charge >= 0.3 is 0 Å². The Morgan fingerprint density at radius 1 is 1.12 bits per heavy atom. The molecule has 90 valence electrons. The van der Waals surface area contributed by atoms with E-state index in [4.69, 9.17) is 5.73 Å². The number of likely N-dealkylation sites (N-methyl/N-ethyl adjacent to an activating group) is 1. The van der Waals surface area contributed by atoms with Gasteiger partial charge in [-0.2, -0.15) is 0 Å². The van der Waals surface area contributed by atoms with Gasteiger partial charge in [0.2, 0.25) is 0 Å². The zero-order chi connectivity index (χ0) is 12.0. The first-order chi connectivity index (χ1) is 7.58. The largest absolute Gasteiger partial charge is 0.399 e. The van der Waals surface area contributed by atoms with Crippen LogP contribution in [0.25, 0.3) is 0 Å². The zero-order valence-corrected chi connectivity index (χ0v) is 10.7. The SMILES string of the molecule is CC(C)CCN(C)CCc1ccc(N)cc1. The molecule has 0 aliphatic carbocycles. The predicted octanol–water partition coefficient (Wildman–Crippen LogP) is 2.79. The van der Waals surface area contributed by atoms with Crippen molar-refractivity contribution in [1.82, 2.24) is 4.90 Å². The second kappa shape index (κ2) is 6.54. The highest BCUT2D eigenvalue weighted by atomic mass is 15.1. The third-order valence-corrected chi connectivity index (χ3v) is 2.85. The minimum absolute atomic E-state index is 0.791. The van der Waals surface area contributed by atoms with Crippen LogP contribution in [-0.4, -0.2) is 25.0 Å². The third-order valence-electron chi connectivity index (χ3n) is 2.85. The Kier molecular flexibility index (Phi) is 5.33. The molecule has 0 bridgehead atoms. The summed E-state index contributed by atoms with van der Waals surface area (Å²) < 4.78 is 0. The molecule has 0 saturated heterocycles. The molecule has 0 aliphatic heterocycles. The number of nitrogen functional groups attached to an aromatic ring is 1. The van der Waals surface area contributed by atoms with Crippen LogP contribution in [0.2, 0.25) is 0 Å². The van der Waals surface area contributed by atoms with Gasteiger partial charge in [-0.1, -0.05) is 26.0 Å². The molecule has 0 fully saturated rings. The molecule has 2 heteroatoms. The van der Waals surface area contributed by atoms with Gasteiger partial charge in [0, 0.05) is 12.2 Å². The molecule has 0 amide bonds. The van der Waals surface area contributed by atoms with Crippen LogP contribution in [0.3, 0.4) is 0 Å². The molecule has 16 heavy (non-hydrogen) atoms. The Morgan fingerprint density at radius 3 is 2.31 bits per heavy atom. The Hall–Kier alpha value is -1.02. The van der Waals surface area contributed by atoms with Crippen molar-refractivity contribution in [2.75, 3.05) is 25.9 Å². The molecular formula is C14H24N2. The van der Waals surface area contributed by atoms with E-state index in [2.05, 4.69) is 37.9 Å². The summed E-state index contributed by atoms with van der Waals surface area (Å²) in [6.45, 7) is 6.85. The molecule has 0 unspecified atom stereocenters. The highest BCUT2D eigenvalue weighted by Gasteiger charge is 2.01. The van der Waals surface area contributed by atoms with Gasteiger partial charge in [-0.3, -0.25) is 0 Å². The summed E-state index contributed by atoms with van der Waals surface area (Å²) >= 11 is 0. The highest BCUT2D eigenvalue weighted by Crippen LogP contribution is 2.07. The molecule has 0 atom stereocenters. The van der Waals surface area contributed by atoms with Crippen molar-refractivity contribution in [1.29, 1.82) is 0 Å². The monoisotopic (exact) mass is 220 g/mol. The first-order valence-corrected chi connectivity index (χ1v) is 6.11. The molecule has 2 nitrogen and oxygen atoms in total. The van der Waals surface area contributed by atoms with Gasteiger partial charge in [-0.15, -0.1) is 0 Å². The van der Waals surface area contributed by atoms with E-state index in [1.165, 1.54) is 18.5 Å². The maximum Gasteiger partial charge on any atom is 0.0314 e. The fraction of sp³-hybridized carbons (Fsp3) is 0.571. The quantitative estimate of drug-likeness (QED) is 0.747. The zero-order valence-electron chi connectivity index (χ0n) is 10.7. The van der Waals surface area contributed by atoms with E-state index in [1.807, 2.05) is 12.1 Å². The van der Waals surface area contributed by atoms with Crippen molar-refractivity contribution in [3.05, 3.63) is 29.8 Å². The normalized spacial score (nSPS) is 11.3. The molecule has 1 aromatic carbocycles. The Balaban J connectivity index is 2.26. The lowest BCUT2D eigenvalue weighted by Gasteiger charge is -2.17. The lowest BCUT2D eigenvalue weighted by atomic mass is 10.1. The van der Waals surface area contributed by atoms with Crippen LogP contribution in [0.1, 0.15) is 25.8 Å². The summed E-state index contributed by atoms with van der Waals surface area (Å²) in [5, 5.41) is 0. The van der Waals surface area contributed by atoms with Crippen molar-refractivity contribution in [3.8, 4) is 0 Å². The van der Waals surface area contributed by atoms with Gasteiger partial charge < -0.3 is 10.6 Å². The fourth-order valence-electron chi connectivity index (χ4n) is 1.59. The summed E-state index contributed by atoms with van der Waals surface area (Å²) in [5.74, 6) is 0.791. The first kappa shape index (κ1) is 13.0. The maximum absolute atomic E-state index is 5.65. The molecule has 0 aliphatic rings. The fourth-order valence-corrected chi connectivity index (χ4v) is 1.59. The minimum atomic E-state index is 0.791. The van der Waals surface area contributed by atoms with E-state index >= 15 is 0 Å². The summed E-state index contributed by atoms with van der Waals surface area (Å²) in [4.78, 5) is 2.40. The highest BCUT2D eigenvalue weighted by molar-refractivity contribution is 5.39. The Labute approximate surface area is 99.5 Å². The van der Waals surface area contributed by atoms with Crippen LogP contribution in [0, 0.1) is 5.92 Å². The van der Waals surface area contributed by atoms with Crippen molar-refractivity contribution >= 4 is 5.69 Å². The second-order valence-corrected chi connectivity index (χ2v) is 4.98. The summed E-state index contributed by atoms with van der Waals surface area (Å²) in [7, 11) is 2.19. The molecule has 0 aromatic heterocycles. The molecular weight excluding hydrogens is 196 g/mol. The molecule has 0 radical (unpaired) electrons. The lowest BCUT2D eigenvalue weighted by molar-refractivity contribution is 0.314. The number of hydrogen-bond acceptors (Lipinski definition) is 2. The Morgan fingerprint density at radius 2 is 1.75 bits per heavy atom. The molecule has 0 saturated carbocycles. The van der Waals surface area contributed by atoms with Crippen molar-refractivity contribution in [2.45, 2.75) is 26.7 Å². The van der Waals surface area contributed by atoms with Gasteiger partial charge in [0.25, 0.3) is 0 Å². The summed E-state index contributed by atoms with van der Waals surface area (Å²) in [5.41, 5.74) is 7.86. The average molecular weight is 220 g/mol. The standard InChI is InChI=1S/C14H24N2/c1-12(2)8-10-16(3)11-9-13-4-6-14(15)7-5-13/h4-7,12H,8-11,15H2,1-3H3. The van der Waals surface area contributed by atoms with E-state index in [1.54, 1.807) is 0 Å². The smallest absolute Gasteiger partial charge is 0.0314 e. The van der Waals surface area contributed by atoms with Crippen LogP contribution < -0.4 is 5.73 Å². The number of hydrogen-bond donors (Lipinski definition) is 1. The van der Waals surface area contributed by atoms with Crippen LogP contribution in [0.15, 0.2) is 24.3 Å². The van der Waals surface area contributed by atoms with E-state index in [0.717, 1.165) is 24.6 Å². The number of nitrogens with zero attached hydrogens (tertiary/aromatic N) is 1. The van der Waals surface area contributed by atoms with Crippen LogP contribution >= 0.6 is 0 Å². The number of benzene rings is 1. The van der Waals surface area contributed by atoms with Gasteiger partial charge in [0.1, 0.15) is 0 Å². The minimum Gasteiger partial charge on any atom is -0.399 e. The van der Waals surface area contributed by atoms with E-state index in [-0.39, 0.29) is 0 Å². The first-order valence-electron chi connectivity index (χ1n) is 6.11. The molecule has 1 aromatic rings. The maximum atomic E-state index is 5.65. The Bertz CT molecular complexity index is 290. The van der Waals surface area contributed by atoms with Crippen molar-refractivity contribution in [2.24, 2.45) is 5.92 Å². The summed E-state index contributed by atoms with van der Waals surface area (Å²) in [6.07, 6.45) is 2.38. The average Bonchev–Trinajstić information content (AvgIpc) is 2.25. The lowest BCUT2D eigenvalue weighted by Crippen LogP contribution is -2.23. The molecule has 0 spiro atoms. The van der Waals surface area contributed by atoms with E-state index in [0.29, 0.717) is 0 Å². The van der Waals surface area contributed by atoms with Gasteiger partial charge in [-0.05, 0) is 50.0 Å². The van der Waals surface area contributed by atoms with Crippen LogP contribution in [0.5, 0.6) is 0 Å². The van der Waals surface area contributed by atoms with Crippen molar-refractivity contribution < 1.29 is 0 Å². The summed E-state index contributed by atoms with van der Waals surface area (Å²) in [6, 6.07) is 8.18. The third kappa shape index (κ3) is 5.17. The molecule has 1 rings (SSSR count). The van der Waals surface area contributed by atoms with Gasteiger partial charge in [0.15, 0.2) is 0 Å². The second-order valence-electron chi connectivity index (χ2n) is 4.98. The number of rotatable bonds is 6. The predicted molar refractivity (Wildman–Crippen MR) is 71.5 cm³/mol. The van der Waals surface area contributed by atoms with Gasteiger partial charge in [0.05, 0.1) is 0 Å².